The van der Waals surface area contributed by atoms with Crippen molar-refractivity contribution < 1.29 is 9.90 Å². The number of nitrogens with zero attached hydrogens (tertiary/aromatic N) is 3. The van der Waals surface area contributed by atoms with Crippen molar-refractivity contribution >= 4 is 29.6 Å². The first-order chi connectivity index (χ1) is 11.5. The van der Waals surface area contributed by atoms with Gasteiger partial charge in [0.25, 0.3) is 0 Å². The number of carbonyl (C=O) groups is 1. The topological polar surface area (TPSA) is 126 Å². The lowest BCUT2D eigenvalue weighted by Crippen LogP contribution is -2.41. The van der Waals surface area contributed by atoms with E-state index in [0.717, 1.165) is 12.8 Å². The smallest absolute Gasteiger partial charge is 0.242 e. The van der Waals surface area contributed by atoms with Crippen LogP contribution in [0.15, 0.2) is 17.6 Å². The summed E-state index contributed by atoms with van der Waals surface area (Å²) in [4.78, 5) is 24.8. The molecule has 0 spiro atoms. The minimum absolute atomic E-state index is 0.109. The maximum atomic E-state index is 12.3. The number of amides is 1. The van der Waals surface area contributed by atoms with Gasteiger partial charge in [0.1, 0.15) is 11.7 Å². The van der Waals surface area contributed by atoms with E-state index in [2.05, 4.69) is 39.1 Å². The van der Waals surface area contributed by atoms with Gasteiger partial charge in [-0.3, -0.25) is 9.79 Å². The Morgan fingerprint density at radius 1 is 1.50 bits per heavy atom. The van der Waals surface area contributed by atoms with Crippen LogP contribution in [0.3, 0.4) is 0 Å². The number of nitrogens with two attached hydrogens (primary N) is 1. The molecule has 8 heteroatoms. The lowest BCUT2D eigenvalue weighted by Gasteiger charge is -2.20. The molecule has 0 aliphatic heterocycles. The highest BCUT2D eigenvalue weighted by Gasteiger charge is 2.20. The molecule has 0 radical (unpaired) electrons. The first-order valence-corrected chi connectivity index (χ1v) is 7.97. The van der Waals surface area contributed by atoms with Gasteiger partial charge in [0.05, 0.1) is 12.3 Å². The Kier molecular flexibility index (Phi) is 8.42. The molecule has 0 fully saturated rings. The fraction of sp³-hybridized carbons (Fsp3) is 0.500. The second kappa shape index (κ2) is 10.3. The van der Waals surface area contributed by atoms with E-state index in [4.69, 9.17) is 10.8 Å². The summed E-state index contributed by atoms with van der Waals surface area (Å²) in [5.74, 6) is 0.307. The number of nitrogens with one attached hydrogen (secondary N) is 2. The second-order valence-electron chi connectivity index (χ2n) is 5.23. The molecule has 0 aromatic carbocycles. The molecule has 24 heavy (non-hydrogen) atoms. The number of aliphatic hydroxyl groups excluding tert-OH is 1. The third-order valence-electron chi connectivity index (χ3n) is 3.27. The molecular formula is C16H26N6O2. The first kappa shape index (κ1) is 19.6. The Morgan fingerprint density at radius 2 is 2.25 bits per heavy atom. The quantitative estimate of drug-likeness (QED) is 0.478. The van der Waals surface area contributed by atoms with Crippen molar-refractivity contribution in [3.05, 3.63) is 18.3 Å². The van der Waals surface area contributed by atoms with Crippen molar-refractivity contribution in [1.82, 2.24) is 15.3 Å². The number of aryl methyl sites for hydroxylation is 1. The summed E-state index contributed by atoms with van der Waals surface area (Å²) in [7, 11) is 0. The third kappa shape index (κ3) is 5.96. The molecule has 1 aromatic rings. The predicted octanol–water partition coefficient (Wildman–Crippen LogP) is 1.33. The number of aromatic nitrogens is 2. The zero-order valence-electron chi connectivity index (χ0n) is 14.2. The van der Waals surface area contributed by atoms with E-state index in [0.29, 0.717) is 23.6 Å². The van der Waals surface area contributed by atoms with Crippen LogP contribution in [0.25, 0.3) is 0 Å². The molecule has 0 saturated heterocycles. The Morgan fingerprint density at radius 3 is 2.88 bits per heavy atom. The Labute approximate surface area is 142 Å². The van der Waals surface area contributed by atoms with E-state index < -0.39 is 6.04 Å². The normalized spacial score (nSPS) is 12.1. The number of allylic oxidation sites excluding steroid dienone is 1. The summed E-state index contributed by atoms with van der Waals surface area (Å²) in [5.41, 5.74) is 6.84. The number of aliphatic imine (C=N–C) groups is 1. The highest BCUT2D eigenvalue weighted by molar-refractivity contribution is 5.86. The van der Waals surface area contributed by atoms with Crippen LogP contribution in [0.5, 0.6) is 0 Å². The van der Waals surface area contributed by atoms with Gasteiger partial charge in [-0.15, -0.1) is 0 Å². The number of carbonyl (C=O) groups excluding carboxylic acids is 1. The minimum atomic E-state index is -0.497. The number of anilines is 2. The van der Waals surface area contributed by atoms with Gasteiger partial charge in [-0.25, -0.2) is 4.98 Å². The van der Waals surface area contributed by atoms with Crippen LogP contribution in [0, 0.1) is 6.92 Å². The van der Waals surface area contributed by atoms with Crippen molar-refractivity contribution in [2.75, 3.05) is 24.2 Å². The molecule has 0 aliphatic rings. The van der Waals surface area contributed by atoms with Gasteiger partial charge in [0.2, 0.25) is 11.9 Å². The van der Waals surface area contributed by atoms with E-state index in [1.807, 2.05) is 0 Å². The zero-order valence-corrected chi connectivity index (χ0v) is 14.2. The van der Waals surface area contributed by atoms with Gasteiger partial charge in [-0.1, -0.05) is 32.4 Å². The van der Waals surface area contributed by atoms with Gasteiger partial charge in [-0.05, 0) is 13.3 Å². The average Bonchev–Trinajstić information content (AvgIpc) is 2.55. The van der Waals surface area contributed by atoms with Crippen LogP contribution in [-0.2, 0) is 4.79 Å². The van der Waals surface area contributed by atoms with Crippen molar-refractivity contribution in [2.24, 2.45) is 4.99 Å². The highest BCUT2D eigenvalue weighted by Crippen LogP contribution is 2.27. The van der Waals surface area contributed by atoms with Crippen LogP contribution in [-0.4, -0.2) is 46.4 Å². The summed E-state index contributed by atoms with van der Waals surface area (Å²) in [6, 6.07) is -0.497. The number of nitrogen functional groups attached to an aromatic ring is 1. The van der Waals surface area contributed by atoms with Crippen LogP contribution < -0.4 is 16.4 Å². The fourth-order valence-electron chi connectivity index (χ4n) is 2.12. The SMILES string of the molecule is C=C/C=N\c1c(C)nc(N)nc1N[C@H](CCCC)C(=O)NCCO. The van der Waals surface area contributed by atoms with Crippen molar-refractivity contribution in [1.29, 1.82) is 0 Å². The molecule has 0 aliphatic carbocycles. The Bertz CT molecular complexity index is 588. The van der Waals surface area contributed by atoms with E-state index in [9.17, 15) is 4.79 Å². The highest BCUT2D eigenvalue weighted by atomic mass is 16.3. The molecule has 1 heterocycles. The molecule has 1 amide bonds. The molecule has 0 unspecified atom stereocenters. The molecule has 1 rings (SSSR count). The number of hydrogen-bond acceptors (Lipinski definition) is 7. The van der Waals surface area contributed by atoms with Gasteiger partial charge in [-0.2, -0.15) is 4.98 Å². The number of aliphatic hydroxyl groups is 1. The summed E-state index contributed by atoms with van der Waals surface area (Å²) in [5, 5.41) is 14.7. The van der Waals surface area contributed by atoms with Crippen LogP contribution >= 0.6 is 0 Å². The maximum Gasteiger partial charge on any atom is 0.242 e. The standard InChI is InChI=1S/C16H26N6O2/c1-4-6-7-12(15(24)19-9-10-23)21-14-13(18-8-5-2)11(3)20-16(17)22-14/h5,8,12,23H,2,4,6-7,9-10H2,1,3H3,(H,19,24)(H3,17,20,21,22)/b18-8-/t12-/m1/s1. The summed E-state index contributed by atoms with van der Waals surface area (Å²) in [6.07, 6.45) is 5.52. The molecule has 8 nitrogen and oxygen atoms in total. The van der Waals surface area contributed by atoms with Gasteiger partial charge >= 0.3 is 0 Å². The van der Waals surface area contributed by atoms with Crippen molar-refractivity contribution in [2.45, 2.75) is 39.2 Å². The number of hydrogen-bond donors (Lipinski definition) is 4. The van der Waals surface area contributed by atoms with Gasteiger partial charge in [0.15, 0.2) is 5.82 Å². The van der Waals surface area contributed by atoms with Crippen LogP contribution in [0.4, 0.5) is 17.5 Å². The van der Waals surface area contributed by atoms with Crippen molar-refractivity contribution in [3.8, 4) is 0 Å². The fourth-order valence-corrected chi connectivity index (χ4v) is 2.12. The molecule has 1 aromatic heterocycles. The lowest BCUT2D eigenvalue weighted by atomic mass is 10.1. The minimum Gasteiger partial charge on any atom is -0.395 e. The van der Waals surface area contributed by atoms with E-state index in [-0.39, 0.29) is 25.0 Å². The van der Waals surface area contributed by atoms with Gasteiger partial charge < -0.3 is 21.5 Å². The Balaban J connectivity index is 3.08. The zero-order chi connectivity index (χ0) is 17.9. The van der Waals surface area contributed by atoms with Crippen LogP contribution in [0.2, 0.25) is 0 Å². The van der Waals surface area contributed by atoms with E-state index >= 15 is 0 Å². The molecule has 5 N–H and O–H groups in total. The molecule has 132 valence electrons. The summed E-state index contributed by atoms with van der Waals surface area (Å²) < 4.78 is 0. The largest absolute Gasteiger partial charge is 0.395 e. The Hall–Kier alpha value is -2.48. The second-order valence-corrected chi connectivity index (χ2v) is 5.23. The maximum absolute atomic E-state index is 12.3. The first-order valence-electron chi connectivity index (χ1n) is 7.97. The third-order valence-corrected chi connectivity index (χ3v) is 3.27. The molecule has 0 bridgehead atoms. The van der Waals surface area contributed by atoms with E-state index in [1.54, 1.807) is 13.0 Å². The van der Waals surface area contributed by atoms with Gasteiger partial charge in [0, 0.05) is 12.8 Å². The summed E-state index contributed by atoms with van der Waals surface area (Å²) in [6.45, 7) is 7.51. The lowest BCUT2D eigenvalue weighted by molar-refractivity contribution is -0.122. The molecule has 0 saturated carbocycles. The van der Waals surface area contributed by atoms with Crippen LogP contribution in [0.1, 0.15) is 31.9 Å². The number of rotatable bonds is 10. The monoisotopic (exact) mass is 334 g/mol. The number of unbranched alkanes of at least 4 members (excludes halogenated alkanes) is 1. The molecule has 1 atom stereocenters. The van der Waals surface area contributed by atoms with Crippen molar-refractivity contribution in [3.63, 3.8) is 0 Å². The summed E-state index contributed by atoms with van der Waals surface area (Å²) >= 11 is 0. The predicted molar refractivity (Wildman–Crippen MR) is 96.6 cm³/mol. The van der Waals surface area contributed by atoms with E-state index in [1.165, 1.54) is 6.21 Å². The average molecular weight is 334 g/mol. The molecular weight excluding hydrogens is 308 g/mol.